The third kappa shape index (κ3) is 5.28. The minimum absolute atomic E-state index is 0.0334. The van der Waals surface area contributed by atoms with Crippen LogP contribution in [0.2, 0.25) is 0 Å². The fourth-order valence-electron chi connectivity index (χ4n) is 2.06. The zero-order valence-corrected chi connectivity index (χ0v) is 13.0. The minimum Gasteiger partial charge on any atom is -0.508 e. The molecule has 0 spiro atoms. The Morgan fingerprint density at radius 2 is 1.80 bits per heavy atom. The van der Waals surface area contributed by atoms with Crippen molar-refractivity contribution in [3.05, 3.63) is 59.7 Å². The maximum absolute atomic E-state index is 11.8. The number of ether oxygens (including phenoxy) is 1. The fourth-order valence-corrected chi connectivity index (χ4v) is 2.06. The van der Waals surface area contributed by atoms with Crippen molar-refractivity contribution in [2.24, 2.45) is 0 Å². The number of carboxylic acids is 1. The molecular weight excluding hydrogens is 328 g/mol. The molecule has 0 saturated heterocycles. The number of benzene rings is 2. The number of aliphatic carboxylic acids is 1. The molecule has 2 rings (SSSR count). The van der Waals surface area contributed by atoms with Crippen LogP contribution in [0, 0.1) is 0 Å². The Morgan fingerprint density at radius 1 is 1.04 bits per heavy atom. The van der Waals surface area contributed by atoms with Gasteiger partial charge in [-0.2, -0.15) is 0 Å². The zero-order valence-electron chi connectivity index (χ0n) is 13.0. The summed E-state index contributed by atoms with van der Waals surface area (Å²) < 4.78 is 4.91. The van der Waals surface area contributed by atoms with Gasteiger partial charge in [0.2, 0.25) is 6.10 Å². The van der Waals surface area contributed by atoms with Crippen molar-refractivity contribution < 1.29 is 34.8 Å². The SMILES string of the molecule is O=C(/C=C/c1cccc(O)c1)O[C@H](Cc1ccc(O)c(O)c1)C(=O)O. The minimum atomic E-state index is -1.45. The number of phenolic OH excluding ortho intramolecular Hbond substituents is 3. The van der Waals surface area contributed by atoms with E-state index in [0.717, 1.165) is 6.08 Å². The van der Waals surface area contributed by atoms with Crippen molar-refractivity contribution in [1.29, 1.82) is 0 Å². The van der Waals surface area contributed by atoms with Gasteiger partial charge in [0, 0.05) is 12.5 Å². The second kappa shape index (κ2) is 7.87. The molecular formula is C18H16O7. The molecule has 0 amide bonds. The number of carboxylic acid groups (broad SMARTS) is 1. The molecule has 1 atom stereocenters. The third-order valence-corrected chi connectivity index (χ3v) is 3.28. The van der Waals surface area contributed by atoms with Gasteiger partial charge in [-0.25, -0.2) is 9.59 Å². The second-order valence-corrected chi connectivity index (χ2v) is 5.22. The Hall–Kier alpha value is -3.48. The lowest BCUT2D eigenvalue weighted by Crippen LogP contribution is -2.28. The first kappa shape index (κ1) is 17.9. The zero-order chi connectivity index (χ0) is 18.4. The average molecular weight is 344 g/mol. The van der Waals surface area contributed by atoms with Crippen LogP contribution in [0.4, 0.5) is 0 Å². The van der Waals surface area contributed by atoms with E-state index in [1.807, 2.05) is 0 Å². The van der Waals surface area contributed by atoms with Crippen molar-refractivity contribution in [1.82, 2.24) is 0 Å². The van der Waals surface area contributed by atoms with Crippen LogP contribution >= 0.6 is 0 Å². The summed E-state index contributed by atoms with van der Waals surface area (Å²) in [5.41, 5.74) is 0.930. The standard InChI is InChI=1S/C18H16O7/c19-13-3-1-2-11(8-13)5-7-17(22)25-16(18(23)24)10-12-4-6-14(20)15(21)9-12/h1-9,16,19-21H,10H2,(H,23,24)/b7-5+/t16-/m1/s1. The number of carbonyl (C=O) groups is 2. The third-order valence-electron chi connectivity index (χ3n) is 3.28. The van der Waals surface area contributed by atoms with Crippen LogP contribution in [0.3, 0.4) is 0 Å². The van der Waals surface area contributed by atoms with E-state index in [9.17, 15) is 30.0 Å². The molecule has 0 aliphatic rings. The van der Waals surface area contributed by atoms with E-state index in [0.29, 0.717) is 11.1 Å². The number of hydrogen-bond donors (Lipinski definition) is 4. The molecule has 0 aromatic heterocycles. The number of esters is 1. The van der Waals surface area contributed by atoms with Crippen LogP contribution in [-0.2, 0) is 20.7 Å². The predicted octanol–water partition coefficient (Wildman–Crippen LogP) is 2.06. The molecule has 25 heavy (non-hydrogen) atoms. The highest BCUT2D eigenvalue weighted by Gasteiger charge is 2.22. The van der Waals surface area contributed by atoms with E-state index in [2.05, 4.69) is 0 Å². The summed E-state index contributed by atoms with van der Waals surface area (Å²) in [5.74, 6) is -2.89. The molecule has 7 heteroatoms. The van der Waals surface area contributed by atoms with Crippen LogP contribution in [0.5, 0.6) is 17.2 Å². The maximum Gasteiger partial charge on any atom is 0.345 e. The van der Waals surface area contributed by atoms with Gasteiger partial charge in [-0.05, 0) is 41.5 Å². The van der Waals surface area contributed by atoms with Gasteiger partial charge in [0.05, 0.1) is 0 Å². The molecule has 130 valence electrons. The molecule has 4 N–H and O–H groups in total. The Morgan fingerprint density at radius 3 is 2.44 bits per heavy atom. The topological polar surface area (TPSA) is 124 Å². The first-order chi connectivity index (χ1) is 11.8. The van der Waals surface area contributed by atoms with Crippen LogP contribution in [0.1, 0.15) is 11.1 Å². The summed E-state index contributed by atoms with van der Waals surface area (Å²) in [6.07, 6.45) is 0.812. The van der Waals surface area contributed by atoms with Crippen LogP contribution < -0.4 is 0 Å². The summed E-state index contributed by atoms with van der Waals surface area (Å²) in [7, 11) is 0. The van der Waals surface area contributed by atoms with Crippen LogP contribution in [-0.4, -0.2) is 38.5 Å². The number of hydrogen-bond acceptors (Lipinski definition) is 6. The summed E-state index contributed by atoms with van der Waals surface area (Å²) in [4.78, 5) is 23.1. The summed E-state index contributed by atoms with van der Waals surface area (Å²) >= 11 is 0. The lowest BCUT2D eigenvalue weighted by molar-refractivity contribution is -0.160. The lowest BCUT2D eigenvalue weighted by atomic mass is 10.1. The van der Waals surface area contributed by atoms with Gasteiger partial charge in [-0.1, -0.05) is 18.2 Å². The number of rotatable bonds is 6. The molecule has 0 heterocycles. The summed E-state index contributed by atoms with van der Waals surface area (Å²) in [6, 6.07) is 9.98. The number of phenols is 3. The van der Waals surface area contributed by atoms with Gasteiger partial charge in [0.1, 0.15) is 5.75 Å². The van der Waals surface area contributed by atoms with Gasteiger partial charge in [0.25, 0.3) is 0 Å². The van der Waals surface area contributed by atoms with Crippen molar-refractivity contribution in [3.8, 4) is 17.2 Å². The van der Waals surface area contributed by atoms with Crippen molar-refractivity contribution in [2.45, 2.75) is 12.5 Å². The van der Waals surface area contributed by atoms with Gasteiger partial charge < -0.3 is 25.2 Å². The average Bonchev–Trinajstić information content (AvgIpc) is 2.55. The van der Waals surface area contributed by atoms with E-state index in [4.69, 9.17) is 4.74 Å². The lowest BCUT2D eigenvalue weighted by Gasteiger charge is -2.13. The second-order valence-electron chi connectivity index (χ2n) is 5.22. The maximum atomic E-state index is 11.8. The molecule has 2 aromatic rings. The highest BCUT2D eigenvalue weighted by atomic mass is 16.6. The van der Waals surface area contributed by atoms with Crippen molar-refractivity contribution in [2.75, 3.05) is 0 Å². The van der Waals surface area contributed by atoms with Crippen LogP contribution in [0.15, 0.2) is 48.5 Å². The summed E-state index contributed by atoms with van der Waals surface area (Å²) in [6.45, 7) is 0. The smallest absolute Gasteiger partial charge is 0.345 e. The highest BCUT2D eigenvalue weighted by Crippen LogP contribution is 2.25. The van der Waals surface area contributed by atoms with Gasteiger partial charge in [-0.3, -0.25) is 0 Å². The molecule has 0 saturated carbocycles. The Bertz CT molecular complexity index is 811. The van der Waals surface area contributed by atoms with E-state index < -0.39 is 23.8 Å². The van der Waals surface area contributed by atoms with Gasteiger partial charge >= 0.3 is 11.9 Å². The van der Waals surface area contributed by atoms with Gasteiger partial charge in [0.15, 0.2) is 11.5 Å². The number of carbonyl (C=O) groups excluding carboxylic acids is 1. The fraction of sp³-hybridized carbons (Fsp3) is 0.111. The molecule has 0 aliphatic carbocycles. The largest absolute Gasteiger partial charge is 0.508 e. The Kier molecular flexibility index (Phi) is 5.62. The van der Waals surface area contributed by atoms with Crippen molar-refractivity contribution in [3.63, 3.8) is 0 Å². The molecule has 0 unspecified atom stereocenters. The van der Waals surface area contributed by atoms with E-state index in [1.54, 1.807) is 12.1 Å². The van der Waals surface area contributed by atoms with Gasteiger partial charge in [-0.15, -0.1) is 0 Å². The van der Waals surface area contributed by atoms with E-state index in [1.165, 1.54) is 36.4 Å². The Labute approximate surface area is 143 Å². The van der Waals surface area contributed by atoms with E-state index in [-0.39, 0.29) is 17.9 Å². The normalized spacial score (nSPS) is 12.0. The highest BCUT2D eigenvalue weighted by molar-refractivity contribution is 5.89. The first-order valence-corrected chi connectivity index (χ1v) is 7.26. The number of aromatic hydroxyl groups is 3. The molecule has 7 nitrogen and oxygen atoms in total. The van der Waals surface area contributed by atoms with Crippen molar-refractivity contribution >= 4 is 18.0 Å². The quantitative estimate of drug-likeness (QED) is 0.359. The first-order valence-electron chi connectivity index (χ1n) is 7.26. The van der Waals surface area contributed by atoms with E-state index >= 15 is 0 Å². The Balaban J connectivity index is 2.04. The molecule has 2 aromatic carbocycles. The molecule has 0 fully saturated rings. The molecule has 0 bridgehead atoms. The molecule has 0 aliphatic heterocycles. The summed E-state index contributed by atoms with van der Waals surface area (Å²) in [5, 5.41) is 37.2. The molecule has 0 radical (unpaired) electrons. The van der Waals surface area contributed by atoms with Crippen LogP contribution in [0.25, 0.3) is 6.08 Å². The monoisotopic (exact) mass is 344 g/mol. The predicted molar refractivity (Wildman–Crippen MR) is 88.1 cm³/mol.